The third kappa shape index (κ3) is 34.2. The van der Waals surface area contributed by atoms with E-state index in [-0.39, 0.29) is 5.60 Å². The molecule has 0 spiro atoms. The lowest BCUT2D eigenvalue weighted by atomic mass is 9.90. The van der Waals surface area contributed by atoms with Crippen molar-refractivity contribution in [3.8, 4) is 0 Å². The Morgan fingerprint density at radius 3 is 1.41 bits per heavy atom. The van der Waals surface area contributed by atoms with Crippen molar-refractivity contribution in [2.75, 3.05) is 27.2 Å². The first-order chi connectivity index (χ1) is 22.4. The Labute approximate surface area is 291 Å². The molecule has 2 atom stereocenters. The van der Waals surface area contributed by atoms with Gasteiger partial charge in [0.25, 0.3) is 0 Å². The maximum atomic E-state index is 6.72. The molecule has 0 aromatic rings. The SMILES string of the molecule is CCCCC/C=C\C/C=C\CCCCCCCCC(C)(CCCCCCCC/C=C\C=C\CCCCC)OCC(C)CCN(C)C. The molecule has 0 fully saturated rings. The molecule has 0 saturated carbocycles. The van der Waals surface area contributed by atoms with Gasteiger partial charge in [0.1, 0.15) is 0 Å². The first-order valence-electron chi connectivity index (χ1n) is 20.3. The van der Waals surface area contributed by atoms with Crippen LogP contribution >= 0.6 is 0 Å². The highest BCUT2D eigenvalue weighted by Gasteiger charge is 2.25. The minimum absolute atomic E-state index is 0.0521. The van der Waals surface area contributed by atoms with Gasteiger partial charge in [-0.05, 0) is 111 Å². The Morgan fingerprint density at radius 2 is 0.957 bits per heavy atom. The van der Waals surface area contributed by atoms with E-state index in [0.29, 0.717) is 5.92 Å². The topological polar surface area (TPSA) is 12.5 Å². The van der Waals surface area contributed by atoms with Gasteiger partial charge < -0.3 is 9.64 Å². The normalized spacial score (nSPS) is 14.6. The lowest BCUT2D eigenvalue weighted by molar-refractivity contribution is -0.0611. The Kier molecular flexibility index (Phi) is 34.3. The van der Waals surface area contributed by atoms with Crippen LogP contribution in [0.5, 0.6) is 0 Å². The minimum atomic E-state index is 0.0521. The fourth-order valence-electron chi connectivity index (χ4n) is 5.99. The monoisotopic (exact) mass is 642 g/mol. The van der Waals surface area contributed by atoms with Crippen molar-refractivity contribution in [1.82, 2.24) is 4.90 Å². The fourth-order valence-corrected chi connectivity index (χ4v) is 5.99. The van der Waals surface area contributed by atoms with Crippen molar-refractivity contribution in [3.05, 3.63) is 48.6 Å². The van der Waals surface area contributed by atoms with Crippen LogP contribution in [-0.4, -0.2) is 37.7 Å². The van der Waals surface area contributed by atoms with Crippen molar-refractivity contribution >= 4 is 0 Å². The summed E-state index contributed by atoms with van der Waals surface area (Å²) in [6, 6.07) is 0. The van der Waals surface area contributed by atoms with E-state index in [2.05, 4.69) is 95.3 Å². The molecule has 0 aliphatic carbocycles. The van der Waals surface area contributed by atoms with Gasteiger partial charge in [-0.15, -0.1) is 0 Å². The van der Waals surface area contributed by atoms with Crippen LogP contribution in [0.1, 0.15) is 195 Å². The molecule has 270 valence electrons. The largest absolute Gasteiger partial charge is 0.375 e. The van der Waals surface area contributed by atoms with Gasteiger partial charge in [-0.3, -0.25) is 0 Å². The highest BCUT2D eigenvalue weighted by Crippen LogP contribution is 2.28. The van der Waals surface area contributed by atoms with Gasteiger partial charge in [0.05, 0.1) is 5.60 Å². The molecule has 2 nitrogen and oxygen atoms in total. The van der Waals surface area contributed by atoms with Crippen LogP contribution in [0.3, 0.4) is 0 Å². The van der Waals surface area contributed by atoms with Gasteiger partial charge in [0.15, 0.2) is 0 Å². The van der Waals surface area contributed by atoms with Gasteiger partial charge in [-0.1, -0.05) is 159 Å². The van der Waals surface area contributed by atoms with E-state index in [1.165, 1.54) is 161 Å². The number of allylic oxidation sites excluding steroid dienone is 8. The second-order valence-corrected chi connectivity index (χ2v) is 14.8. The lowest BCUT2D eigenvalue weighted by Crippen LogP contribution is -2.31. The first kappa shape index (κ1) is 44.9. The molecule has 0 aromatic heterocycles. The third-order valence-corrected chi connectivity index (χ3v) is 9.38. The molecule has 0 amide bonds. The van der Waals surface area contributed by atoms with Gasteiger partial charge >= 0.3 is 0 Å². The van der Waals surface area contributed by atoms with Crippen molar-refractivity contribution in [1.29, 1.82) is 0 Å². The number of ether oxygens (including phenoxy) is 1. The highest BCUT2D eigenvalue weighted by atomic mass is 16.5. The molecule has 0 heterocycles. The molecule has 2 unspecified atom stereocenters. The summed E-state index contributed by atoms with van der Waals surface area (Å²) in [5.41, 5.74) is 0.0521. The van der Waals surface area contributed by atoms with Crippen LogP contribution in [0.15, 0.2) is 48.6 Å². The second-order valence-electron chi connectivity index (χ2n) is 14.8. The van der Waals surface area contributed by atoms with Crippen molar-refractivity contribution in [3.63, 3.8) is 0 Å². The molecule has 0 N–H and O–H groups in total. The molecule has 0 bridgehead atoms. The molecule has 2 heteroatoms. The Hall–Kier alpha value is -1.12. The van der Waals surface area contributed by atoms with Crippen LogP contribution in [0.2, 0.25) is 0 Å². The van der Waals surface area contributed by atoms with E-state index < -0.39 is 0 Å². The number of hydrogen-bond acceptors (Lipinski definition) is 2. The quantitative estimate of drug-likeness (QED) is 0.0388. The van der Waals surface area contributed by atoms with Gasteiger partial charge in [0.2, 0.25) is 0 Å². The number of unbranched alkanes of at least 4 members (excludes halogenated alkanes) is 18. The molecule has 0 radical (unpaired) electrons. The number of nitrogens with zero attached hydrogens (tertiary/aromatic N) is 1. The molecule has 0 rings (SSSR count). The number of hydrogen-bond donors (Lipinski definition) is 0. The predicted octanol–water partition coefficient (Wildman–Crippen LogP) is 14.4. The van der Waals surface area contributed by atoms with Gasteiger partial charge in [-0.25, -0.2) is 0 Å². The summed E-state index contributed by atoms with van der Waals surface area (Å²) in [6.45, 7) is 11.4. The van der Waals surface area contributed by atoms with Crippen molar-refractivity contribution < 1.29 is 4.74 Å². The molecule has 0 aliphatic rings. The van der Waals surface area contributed by atoms with Crippen molar-refractivity contribution in [2.45, 2.75) is 200 Å². The summed E-state index contributed by atoms with van der Waals surface area (Å²) in [6.07, 6.45) is 52.6. The molecule has 0 aliphatic heterocycles. The van der Waals surface area contributed by atoms with Crippen LogP contribution in [0.4, 0.5) is 0 Å². The zero-order valence-electron chi connectivity index (χ0n) is 32.4. The van der Waals surface area contributed by atoms with Crippen LogP contribution < -0.4 is 0 Å². The maximum absolute atomic E-state index is 6.72. The smallest absolute Gasteiger partial charge is 0.0654 e. The molecule has 0 saturated heterocycles. The Bertz CT molecular complexity index is 719. The Balaban J connectivity index is 4.16. The molecular formula is C44H83NO. The van der Waals surface area contributed by atoms with Gasteiger partial charge in [-0.2, -0.15) is 0 Å². The van der Waals surface area contributed by atoms with E-state index in [4.69, 9.17) is 4.74 Å². The first-order valence-corrected chi connectivity index (χ1v) is 20.3. The predicted molar refractivity (Wildman–Crippen MR) is 210 cm³/mol. The summed E-state index contributed by atoms with van der Waals surface area (Å²) >= 11 is 0. The van der Waals surface area contributed by atoms with E-state index in [9.17, 15) is 0 Å². The summed E-state index contributed by atoms with van der Waals surface area (Å²) < 4.78 is 6.72. The lowest BCUT2D eigenvalue weighted by Gasteiger charge is -2.32. The van der Waals surface area contributed by atoms with E-state index in [1.807, 2.05) is 0 Å². The van der Waals surface area contributed by atoms with Gasteiger partial charge in [0, 0.05) is 6.61 Å². The zero-order chi connectivity index (χ0) is 33.8. The zero-order valence-corrected chi connectivity index (χ0v) is 32.4. The summed E-state index contributed by atoms with van der Waals surface area (Å²) in [5, 5.41) is 0. The van der Waals surface area contributed by atoms with E-state index in [0.717, 1.165) is 19.6 Å². The Morgan fingerprint density at radius 1 is 0.543 bits per heavy atom. The van der Waals surface area contributed by atoms with Crippen LogP contribution in [0, 0.1) is 5.92 Å². The van der Waals surface area contributed by atoms with E-state index in [1.54, 1.807) is 0 Å². The molecular weight excluding hydrogens is 558 g/mol. The average Bonchev–Trinajstić information content (AvgIpc) is 3.04. The van der Waals surface area contributed by atoms with Crippen LogP contribution in [-0.2, 0) is 4.74 Å². The highest BCUT2D eigenvalue weighted by molar-refractivity contribution is 5.02. The summed E-state index contributed by atoms with van der Waals surface area (Å²) in [4.78, 5) is 2.29. The second kappa shape index (κ2) is 35.2. The fraction of sp³-hybridized carbons (Fsp3) is 0.818. The minimum Gasteiger partial charge on any atom is -0.375 e. The third-order valence-electron chi connectivity index (χ3n) is 9.38. The van der Waals surface area contributed by atoms with Crippen LogP contribution in [0.25, 0.3) is 0 Å². The maximum Gasteiger partial charge on any atom is 0.0654 e. The molecule has 0 aromatic carbocycles. The summed E-state index contributed by atoms with van der Waals surface area (Å²) in [7, 11) is 4.35. The summed E-state index contributed by atoms with van der Waals surface area (Å²) in [5.74, 6) is 0.628. The molecule has 46 heavy (non-hydrogen) atoms. The number of rotatable bonds is 35. The standard InChI is InChI=1S/C44H83NO/c1-7-9-11-13-15-17-19-21-23-25-27-29-31-33-35-37-40-44(4,46-42-43(3)38-41-45(5)6)39-36-34-32-30-28-26-24-22-20-18-16-14-12-10-8-2/h15-18,20-23,43H,7-14,19,24-42H2,1-6H3/b17-15-,18-16+,22-20-,23-21-. The van der Waals surface area contributed by atoms with E-state index >= 15 is 0 Å². The average molecular weight is 642 g/mol. The van der Waals surface area contributed by atoms with Crippen molar-refractivity contribution in [2.24, 2.45) is 5.92 Å².